The number of nitrogens with one attached hydrogen (secondary N) is 1. The van der Waals surface area contributed by atoms with Gasteiger partial charge < -0.3 is 14.8 Å². The molecule has 1 fully saturated rings. The smallest absolute Gasteiger partial charge is 0.243 e. The second-order valence-electron chi connectivity index (χ2n) is 8.40. The van der Waals surface area contributed by atoms with E-state index in [9.17, 15) is 4.79 Å². The molecular formula is C22H32N6O. The lowest BCUT2D eigenvalue weighted by atomic mass is 10.00. The zero-order chi connectivity index (χ0) is 20.2. The molecule has 2 aromatic heterocycles. The number of rotatable bonds is 7. The first kappa shape index (κ1) is 20.0. The van der Waals surface area contributed by atoms with Crippen LogP contribution in [0.3, 0.4) is 0 Å². The van der Waals surface area contributed by atoms with E-state index in [1.165, 1.54) is 12.8 Å². The number of carbonyl (C=O) groups is 1. The molecule has 1 amide bonds. The summed E-state index contributed by atoms with van der Waals surface area (Å²) in [5.41, 5.74) is 3.23. The van der Waals surface area contributed by atoms with Gasteiger partial charge in [-0.25, -0.2) is 4.98 Å². The van der Waals surface area contributed by atoms with Crippen molar-refractivity contribution in [3.05, 3.63) is 47.8 Å². The molecule has 1 saturated heterocycles. The molecule has 4 rings (SSSR count). The van der Waals surface area contributed by atoms with Gasteiger partial charge in [0.1, 0.15) is 6.04 Å². The van der Waals surface area contributed by atoms with E-state index in [0.29, 0.717) is 13.1 Å². The summed E-state index contributed by atoms with van der Waals surface area (Å²) in [6.07, 6.45) is 8.98. The molecule has 29 heavy (non-hydrogen) atoms. The first-order valence-corrected chi connectivity index (χ1v) is 10.8. The number of fused-ring (bicyclic) bond motifs is 1. The van der Waals surface area contributed by atoms with Crippen molar-refractivity contribution in [2.24, 2.45) is 0 Å². The quantitative estimate of drug-likeness (QED) is 0.777. The van der Waals surface area contributed by atoms with E-state index >= 15 is 0 Å². The molecule has 0 spiro atoms. The third kappa shape index (κ3) is 4.51. The minimum Gasteiger partial charge on any atom is -0.353 e. The van der Waals surface area contributed by atoms with Crippen LogP contribution in [0.4, 0.5) is 0 Å². The fourth-order valence-electron chi connectivity index (χ4n) is 4.49. The Morgan fingerprint density at radius 1 is 1.28 bits per heavy atom. The molecule has 7 heteroatoms. The van der Waals surface area contributed by atoms with Gasteiger partial charge >= 0.3 is 0 Å². The summed E-state index contributed by atoms with van der Waals surface area (Å²) in [4.78, 5) is 27.0. The molecule has 0 radical (unpaired) electrons. The number of pyridine rings is 1. The maximum absolute atomic E-state index is 13.4. The lowest BCUT2D eigenvalue weighted by Crippen LogP contribution is -2.46. The standard InChI is InChI=1S/C22H32N6O/c1-17(2)28-16-25-19-7-12-27(15-18-6-5-8-23-14-18)21(20(19)28)22(29)24-9-13-26-10-3-4-11-26/h5-6,8,14,16-17,21H,3-4,7,9-13,15H2,1-2H3,(H,24,29). The van der Waals surface area contributed by atoms with Crippen LogP contribution in [-0.2, 0) is 17.8 Å². The molecule has 0 aliphatic carbocycles. The second-order valence-corrected chi connectivity index (χ2v) is 8.40. The molecule has 1 unspecified atom stereocenters. The van der Waals surface area contributed by atoms with E-state index in [1.807, 2.05) is 18.6 Å². The normalized spacial score (nSPS) is 20.2. The highest BCUT2D eigenvalue weighted by Gasteiger charge is 2.37. The van der Waals surface area contributed by atoms with E-state index in [0.717, 1.165) is 49.6 Å². The van der Waals surface area contributed by atoms with Crippen molar-refractivity contribution in [1.82, 2.24) is 29.7 Å². The lowest BCUT2D eigenvalue weighted by Gasteiger charge is -2.36. The summed E-state index contributed by atoms with van der Waals surface area (Å²) in [6, 6.07) is 3.98. The average molecular weight is 397 g/mol. The van der Waals surface area contributed by atoms with Gasteiger partial charge in [0.2, 0.25) is 5.91 Å². The molecule has 1 atom stereocenters. The van der Waals surface area contributed by atoms with Gasteiger partial charge in [0, 0.05) is 51.0 Å². The van der Waals surface area contributed by atoms with E-state index in [2.05, 4.69) is 49.6 Å². The summed E-state index contributed by atoms with van der Waals surface area (Å²) >= 11 is 0. The Hall–Kier alpha value is -2.25. The molecule has 0 aromatic carbocycles. The topological polar surface area (TPSA) is 66.3 Å². The van der Waals surface area contributed by atoms with E-state index < -0.39 is 0 Å². The first-order chi connectivity index (χ1) is 14.1. The van der Waals surface area contributed by atoms with Crippen molar-refractivity contribution >= 4 is 5.91 Å². The fourth-order valence-corrected chi connectivity index (χ4v) is 4.49. The maximum Gasteiger partial charge on any atom is 0.243 e. The van der Waals surface area contributed by atoms with Crippen LogP contribution in [0.5, 0.6) is 0 Å². The number of likely N-dealkylation sites (tertiary alicyclic amines) is 1. The first-order valence-electron chi connectivity index (χ1n) is 10.8. The van der Waals surface area contributed by atoms with Crippen molar-refractivity contribution in [3.63, 3.8) is 0 Å². The van der Waals surface area contributed by atoms with Crippen LogP contribution in [0, 0.1) is 0 Å². The van der Waals surface area contributed by atoms with Gasteiger partial charge in [-0.15, -0.1) is 0 Å². The number of hydrogen-bond donors (Lipinski definition) is 1. The fraction of sp³-hybridized carbons (Fsp3) is 0.591. The molecule has 0 saturated carbocycles. The SMILES string of the molecule is CC(C)n1cnc2c1C(C(=O)NCCN1CCCC1)N(Cc1cccnc1)CC2. The van der Waals surface area contributed by atoms with E-state index in [1.54, 1.807) is 6.20 Å². The molecule has 2 aliphatic rings. The Morgan fingerprint density at radius 2 is 2.10 bits per heavy atom. The maximum atomic E-state index is 13.4. The summed E-state index contributed by atoms with van der Waals surface area (Å²) in [7, 11) is 0. The summed E-state index contributed by atoms with van der Waals surface area (Å²) < 4.78 is 2.16. The summed E-state index contributed by atoms with van der Waals surface area (Å²) in [5.74, 6) is 0.0800. The van der Waals surface area contributed by atoms with Crippen LogP contribution >= 0.6 is 0 Å². The summed E-state index contributed by atoms with van der Waals surface area (Å²) in [6.45, 7) is 9.74. The monoisotopic (exact) mass is 396 g/mol. The van der Waals surface area contributed by atoms with Gasteiger partial charge in [0.25, 0.3) is 0 Å². The molecule has 4 heterocycles. The number of hydrogen-bond acceptors (Lipinski definition) is 5. The summed E-state index contributed by atoms with van der Waals surface area (Å²) in [5, 5.41) is 3.21. The Kier molecular flexibility index (Phi) is 6.25. The largest absolute Gasteiger partial charge is 0.353 e. The Bertz CT molecular complexity index is 812. The number of nitrogens with zero attached hydrogens (tertiary/aromatic N) is 5. The number of amides is 1. The highest BCUT2D eigenvalue weighted by Crippen LogP contribution is 2.32. The van der Waals surface area contributed by atoms with Gasteiger partial charge in [-0.2, -0.15) is 0 Å². The zero-order valence-electron chi connectivity index (χ0n) is 17.5. The van der Waals surface area contributed by atoms with Crippen molar-refractivity contribution < 1.29 is 4.79 Å². The minimum absolute atomic E-state index is 0.0800. The van der Waals surface area contributed by atoms with Gasteiger partial charge in [0.15, 0.2) is 0 Å². The van der Waals surface area contributed by atoms with Crippen molar-refractivity contribution in [2.45, 2.75) is 51.7 Å². The highest BCUT2D eigenvalue weighted by molar-refractivity contribution is 5.83. The van der Waals surface area contributed by atoms with Crippen LogP contribution < -0.4 is 5.32 Å². The van der Waals surface area contributed by atoms with Crippen LogP contribution in [0.15, 0.2) is 30.9 Å². The Morgan fingerprint density at radius 3 is 2.83 bits per heavy atom. The molecule has 0 bridgehead atoms. The van der Waals surface area contributed by atoms with Gasteiger partial charge in [-0.05, 0) is 51.4 Å². The zero-order valence-corrected chi connectivity index (χ0v) is 17.5. The van der Waals surface area contributed by atoms with Crippen molar-refractivity contribution in [1.29, 1.82) is 0 Å². The van der Waals surface area contributed by atoms with Crippen molar-refractivity contribution in [2.75, 3.05) is 32.7 Å². The second kappa shape index (κ2) is 9.05. The van der Waals surface area contributed by atoms with E-state index in [-0.39, 0.29) is 18.0 Å². The molecule has 1 N–H and O–H groups in total. The minimum atomic E-state index is -0.317. The molecule has 156 valence electrons. The van der Waals surface area contributed by atoms with Gasteiger partial charge in [-0.3, -0.25) is 14.7 Å². The average Bonchev–Trinajstić information content (AvgIpc) is 3.38. The highest BCUT2D eigenvalue weighted by atomic mass is 16.2. The van der Waals surface area contributed by atoms with Crippen LogP contribution in [0.2, 0.25) is 0 Å². The molecule has 2 aromatic rings. The molecule has 7 nitrogen and oxygen atoms in total. The number of aromatic nitrogens is 3. The number of imidazole rings is 1. The molecule has 2 aliphatic heterocycles. The Labute approximate surface area is 173 Å². The number of carbonyl (C=O) groups excluding carboxylic acids is 1. The van der Waals surface area contributed by atoms with E-state index in [4.69, 9.17) is 0 Å². The van der Waals surface area contributed by atoms with Crippen LogP contribution in [-0.4, -0.2) is 63.0 Å². The van der Waals surface area contributed by atoms with Crippen LogP contribution in [0.1, 0.15) is 55.7 Å². The predicted octanol–water partition coefficient (Wildman–Crippen LogP) is 2.17. The van der Waals surface area contributed by atoms with Gasteiger partial charge in [0.05, 0.1) is 17.7 Å². The lowest BCUT2D eigenvalue weighted by molar-refractivity contribution is -0.127. The Balaban J connectivity index is 1.54. The third-order valence-electron chi connectivity index (χ3n) is 6.01. The van der Waals surface area contributed by atoms with Crippen LogP contribution in [0.25, 0.3) is 0 Å². The predicted molar refractivity (Wildman–Crippen MR) is 112 cm³/mol. The third-order valence-corrected chi connectivity index (χ3v) is 6.01. The molecular weight excluding hydrogens is 364 g/mol. The van der Waals surface area contributed by atoms with Crippen molar-refractivity contribution in [3.8, 4) is 0 Å². The van der Waals surface area contributed by atoms with Gasteiger partial charge in [-0.1, -0.05) is 6.07 Å².